The zero-order valence-electron chi connectivity index (χ0n) is 18.4. The number of carbonyl (C=O) groups is 2. The summed E-state index contributed by atoms with van der Waals surface area (Å²) in [5, 5.41) is 9.09. The minimum absolute atomic E-state index is 0.0610. The Balaban J connectivity index is 1.54. The van der Waals surface area contributed by atoms with Crippen molar-refractivity contribution in [1.29, 1.82) is 0 Å². The monoisotopic (exact) mass is 444 g/mol. The zero-order valence-corrected chi connectivity index (χ0v) is 19.2. The Kier molecular flexibility index (Phi) is 6.01. The number of aromatic nitrogens is 2. The van der Waals surface area contributed by atoms with Crippen LogP contribution in [0, 0.1) is 13.8 Å². The molecule has 0 fully saturated rings. The van der Waals surface area contributed by atoms with E-state index in [4.69, 9.17) is 0 Å². The number of benzene rings is 2. The van der Waals surface area contributed by atoms with E-state index < -0.39 is 0 Å². The number of amides is 2. The lowest BCUT2D eigenvalue weighted by Crippen LogP contribution is -2.23. The fourth-order valence-corrected chi connectivity index (χ4v) is 4.33. The van der Waals surface area contributed by atoms with Crippen LogP contribution in [0.1, 0.15) is 47.1 Å². The maximum Gasteiger partial charge on any atom is 0.258 e. The van der Waals surface area contributed by atoms with Crippen LogP contribution in [0.25, 0.3) is 22.2 Å². The van der Waals surface area contributed by atoms with Gasteiger partial charge in [0.05, 0.1) is 22.8 Å². The van der Waals surface area contributed by atoms with Gasteiger partial charge in [0.2, 0.25) is 5.91 Å². The molecule has 0 radical (unpaired) electrons. The highest BCUT2D eigenvalue weighted by Gasteiger charge is 2.15. The van der Waals surface area contributed by atoms with Gasteiger partial charge in [0.15, 0.2) is 5.13 Å². The van der Waals surface area contributed by atoms with Gasteiger partial charge < -0.3 is 5.32 Å². The van der Waals surface area contributed by atoms with Crippen molar-refractivity contribution in [2.24, 2.45) is 0 Å². The molecule has 2 aromatic heterocycles. The van der Waals surface area contributed by atoms with E-state index in [2.05, 4.69) is 20.6 Å². The third-order valence-corrected chi connectivity index (χ3v) is 5.95. The maximum absolute atomic E-state index is 13.0. The molecule has 7 heteroatoms. The molecule has 2 aromatic carbocycles. The van der Waals surface area contributed by atoms with Gasteiger partial charge in [-0.2, -0.15) is 0 Å². The number of hydrogen-bond donors (Lipinski definition) is 2. The predicted octanol–water partition coefficient (Wildman–Crippen LogP) is 5.42. The normalized spacial score (nSPS) is 11.9. The summed E-state index contributed by atoms with van der Waals surface area (Å²) in [5.41, 5.74) is 6.00. The first-order valence-electron chi connectivity index (χ1n) is 10.3. The van der Waals surface area contributed by atoms with Crippen LogP contribution in [0.15, 0.2) is 53.9 Å². The van der Waals surface area contributed by atoms with Gasteiger partial charge in [-0.15, -0.1) is 11.3 Å². The number of anilines is 1. The third-order valence-electron chi connectivity index (χ3n) is 5.19. The number of thiazole rings is 1. The van der Waals surface area contributed by atoms with E-state index >= 15 is 0 Å². The highest BCUT2D eigenvalue weighted by molar-refractivity contribution is 7.14. The molecule has 162 valence electrons. The predicted molar refractivity (Wildman–Crippen MR) is 129 cm³/mol. The molecular weight excluding hydrogens is 420 g/mol. The number of fused-ring (bicyclic) bond motifs is 1. The molecule has 0 bridgehead atoms. The van der Waals surface area contributed by atoms with Gasteiger partial charge >= 0.3 is 0 Å². The smallest absolute Gasteiger partial charge is 0.258 e. The largest absolute Gasteiger partial charge is 0.350 e. The molecule has 4 rings (SSSR count). The van der Waals surface area contributed by atoms with Crippen LogP contribution in [-0.4, -0.2) is 21.8 Å². The molecule has 2 N–H and O–H groups in total. The van der Waals surface area contributed by atoms with Gasteiger partial charge in [0, 0.05) is 28.9 Å². The lowest BCUT2D eigenvalue weighted by molar-refractivity contribution is -0.119. The van der Waals surface area contributed by atoms with Crippen LogP contribution in [0.4, 0.5) is 5.13 Å². The molecule has 6 nitrogen and oxygen atoms in total. The molecule has 0 aliphatic carbocycles. The Hall–Kier alpha value is -3.58. The molecular formula is C25H24N4O2S. The zero-order chi connectivity index (χ0) is 22.8. The second kappa shape index (κ2) is 8.88. The minimum Gasteiger partial charge on any atom is -0.350 e. The average Bonchev–Trinajstić information content (AvgIpc) is 3.21. The summed E-state index contributed by atoms with van der Waals surface area (Å²) >= 11 is 1.38. The van der Waals surface area contributed by atoms with Crippen LogP contribution >= 0.6 is 11.3 Å². The highest BCUT2D eigenvalue weighted by atomic mass is 32.1. The summed E-state index contributed by atoms with van der Waals surface area (Å²) in [4.78, 5) is 33.4. The van der Waals surface area contributed by atoms with Crippen molar-refractivity contribution in [3.8, 4) is 11.3 Å². The van der Waals surface area contributed by atoms with Crippen molar-refractivity contribution in [3.63, 3.8) is 0 Å². The molecule has 2 amide bonds. The lowest BCUT2D eigenvalue weighted by Gasteiger charge is -2.13. The van der Waals surface area contributed by atoms with E-state index in [1.807, 2.05) is 68.6 Å². The van der Waals surface area contributed by atoms with Gasteiger partial charge in [-0.1, -0.05) is 35.9 Å². The highest BCUT2D eigenvalue weighted by Crippen LogP contribution is 2.27. The second-order valence-electron chi connectivity index (χ2n) is 7.87. The van der Waals surface area contributed by atoms with Gasteiger partial charge in [-0.05, 0) is 44.5 Å². The van der Waals surface area contributed by atoms with Crippen LogP contribution in [-0.2, 0) is 4.79 Å². The van der Waals surface area contributed by atoms with E-state index in [1.54, 1.807) is 6.07 Å². The van der Waals surface area contributed by atoms with Gasteiger partial charge in [-0.3, -0.25) is 19.9 Å². The molecule has 32 heavy (non-hydrogen) atoms. The topological polar surface area (TPSA) is 84.0 Å². The van der Waals surface area contributed by atoms with Crippen molar-refractivity contribution in [2.75, 3.05) is 5.32 Å². The number of pyridine rings is 1. The van der Waals surface area contributed by atoms with Crippen molar-refractivity contribution in [1.82, 2.24) is 15.3 Å². The van der Waals surface area contributed by atoms with Gasteiger partial charge in [-0.25, -0.2) is 4.98 Å². The first-order valence-corrected chi connectivity index (χ1v) is 11.2. The number of hydrogen-bond acceptors (Lipinski definition) is 5. The number of carbonyl (C=O) groups excluding carboxylic acids is 2. The Morgan fingerprint density at radius 1 is 1.00 bits per heavy atom. The SMILES string of the molecule is CC(=O)NC(C)c1ccc(-c2csc(NC(=O)c3cc(C)nc4ccc(C)cc34)n2)cc1. The first kappa shape index (κ1) is 21.6. The Bertz CT molecular complexity index is 1310. The Labute approximate surface area is 190 Å². The lowest BCUT2D eigenvalue weighted by atomic mass is 10.0. The van der Waals surface area contributed by atoms with E-state index in [-0.39, 0.29) is 17.9 Å². The van der Waals surface area contributed by atoms with Gasteiger partial charge in [0.1, 0.15) is 0 Å². The third kappa shape index (κ3) is 4.68. The quantitative estimate of drug-likeness (QED) is 0.430. The molecule has 0 aliphatic heterocycles. The summed E-state index contributed by atoms with van der Waals surface area (Å²) in [5.74, 6) is -0.264. The van der Waals surface area contributed by atoms with Crippen molar-refractivity contribution < 1.29 is 9.59 Å². The molecule has 1 atom stereocenters. The van der Waals surface area contributed by atoms with Crippen molar-refractivity contribution in [2.45, 2.75) is 33.7 Å². The van der Waals surface area contributed by atoms with E-state index in [1.165, 1.54) is 18.3 Å². The number of aryl methyl sites for hydroxylation is 2. The number of nitrogens with one attached hydrogen (secondary N) is 2. The van der Waals surface area contributed by atoms with Crippen LogP contribution < -0.4 is 10.6 Å². The fraction of sp³-hybridized carbons (Fsp3) is 0.200. The number of rotatable bonds is 5. The Morgan fingerprint density at radius 2 is 1.75 bits per heavy atom. The van der Waals surface area contributed by atoms with Crippen molar-refractivity contribution in [3.05, 3.63) is 76.3 Å². The second-order valence-corrected chi connectivity index (χ2v) is 8.73. The molecule has 0 saturated carbocycles. The first-order chi connectivity index (χ1) is 15.3. The minimum atomic E-state index is -0.202. The number of nitrogens with zero attached hydrogens (tertiary/aromatic N) is 2. The molecule has 0 saturated heterocycles. The maximum atomic E-state index is 13.0. The van der Waals surface area contributed by atoms with E-state index in [9.17, 15) is 9.59 Å². The van der Waals surface area contributed by atoms with Crippen LogP contribution in [0.5, 0.6) is 0 Å². The van der Waals surface area contributed by atoms with Crippen LogP contribution in [0.3, 0.4) is 0 Å². The van der Waals surface area contributed by atoms with E-state index in [0.29, 0.717) is 10.7 Å². The summed E-state index contributed by atoms with van der Waals surface area (Å²) in [7, 11) is 0. The summed E-state index contributed by atoms with van der Waals surface area (Å²) < 4.78 is 0. The van der Waals surface area contributed by atoms with Gasteiger partial charge in [0.25, 0.3) is 5.91 Å². The molecule has 0 aliphatic rings. The van der Waals surface area contributed by atoms with Crippen LogP contribution in [0.2, 0.25) is 0 Å². The summed E-state index contributed by atoms with van der Waals surface area (Å²) in [6.07, 6.45) is 0. The molecule has 0 spiro atoms. The van der Waals surface area contributed by atoms with Crippen molar-refractivity contribution >= 4 is 39.2 Å². The Morgan fingerprint density at radius 3 is 2.47 bits per heavy atom. The molecule has 2 heterocycles. The fourth-order valence-electron chi connectivity index (χ4n) is 3.62. The summed E-state index contributed by atoms with van der Waals surface area (Å²) in [6, 6.07) is 15.5. The van der Waals surface area contributed by atoms with E-state index in [0.717, 1.165) is 39.0 Å². The summed E-state index contributed by atoms with van der Waals surface area (Å²) in [6.45, 7) is 7.33. The average molecular weight is 445 g/mol. The molecule has 1 unspecified atom stereocenters. The standard InChI is InChI=1S/C25H24N4O2S/c1-14-5-10-22-20(11-14)21(12-15(2)26-22)24(31)29-25-28-23(13-32-25)19-8-6-18(7-9-19)16(3)27-17(4)30/h5-13,16H,1-4H3,(H,27,30)(H,28,29,31). The molecule has 4 aromatic rings.